The fourth-order valence-electron chi connectivity index (χ4n) is 3.89. The number of carbonyl (C=O) groups excluding carboxylic acids is 2. The lowest BCUT2D eigenvalue weighted by molar-refractivity contribution is -0.143. The lowest BCUT2D eigenvalue weighted by atomic mass is 9.93. The number of ether oxygens (including phenoxy) is 3. The van der Waals surface area contributed by atoms with Gasteiger partial charge in [0.15, 0.2) is 5.17 Å². The molecule has 1 unspecified atom stereocenters. The van der Waals surface area contributed by atoms with Crippen LogP contribution < -0.4 is 14.8 Å². The number of amidine groups is 1. The normalized spacial score (nSPS) is 17.3. The summed E-state index contributed by atoms with van der Waals surface area (Å²) >= 11 is 1.43. The first-order valence-electron chi connectivity index (χ1n) is 11.4. The third-order valence-electron chi connectivity index (χ3n) is 5.52. The molecule has 0 aromatic heterocycles. The van der Waals surface area contributed by atoms with Gasteiger partial charge in [-0.05, 0) is 52.4 Å². The first kappa shape index (κ1) is 26.6. The monoisotopic (exact) mass is 502 g/mol. The highest BCUT2D eigenvalue weighted by Crippen LogP contribution is 2.47. The molecular weight excluding hydrogens is 468 g/mol. The number of hydrogen-bond donors (Lipinski definition) is 1. The minimum absolute atomic E-state index is 0.0991. The van der Waals surface area contributed by atoms with Gasteiger partial charge in [0.25, 0.3) is 0 Å². The second-order valence-corrected chi connectivity index (χ2v) is 9.62. The van der Waals surface area contributed by atoms with Crippen LogP contribution in [-0.2, 0) is 14.3 Å². The lowest BCUT2D eigenvalue weighted by Crippen LogP contribution is -2.39. The van der Waals surface area contributed by atoms with Gasteiger partial charge < -0.3 is 29.3 Å². The molecule has 2 aliphatic heterocycles. The fourth-order valence-corrected chi connectivity index (χ4v) is 4.86. The second-order valence-electron chi connectivity index (χ2n) is 8.78. The molecular formula is C25H34N4O5S. The summed E-state index contributed by atoms with van der Waals surface area (Å²) in [5, 5.41) is 5.57. The van der Waals surface area contributed by atoms with E-state index in [1.807, 2.05) is 55.3 Å². The Kier molecular flexibility index (Phi) is 8.85. The van der Waals surface area contributed by atoms with Gasteiger partial charge in [-0.3, -0.25) is 4.79 Å². The van der Waals surface area contributed by atoms with Gasteiger partial charge >= 0.3 is 5.97 Å². The number of methoxy groups -OCH3 is 2. The van der Waals surface area contributed by atoms with Crippen LogP contribution >= 0.6 is 11.8 Å². The average molecular weight is 503 g/mol. The van der Waals surface area contributed by atoms with E-state index in [-0.39, 0.29) is 18.4 Å². The molecule has 0 spiro atoms. The Balaban J connectivity index is 2.02. The molecule has 0 saturated carbocycles. The van der Waals surface area contributed by atoms with Crippen LogP contribution in [0.3, 0.4) is 0 Å². The Hall–Kier alpha value is -2.98. The van der Waals surface area contributed by atoms with Gasteiger partial charge in [-0.1, -0.05) is 11.8 Å². The number of nitrogens with zero attached hydrogens (tertiary/aromatic N) is 3. The summed E-state index contributed by atoms with van der Waals surface area (Å²) in [5.41, 5.74) is 2.48. The van der Waals surface area contributed by atoms with E-state index in [1.165, 1.54) is 11.8 Å². The number of hydrogen-bond acceptors (Lipinski definition) is 9. The third-order valence-corrected chi connectivity index (χ3v) is 6.41. The Labute approximate surface area is 211 Å². The van der Waals surface area contributed by atoms with Crippen molar-refractivity contribution in [2.75, 3.05) is 41.4 Å². The third kappa shape index (κ3) is 6.18. The van der Waals surface area contributed by atoms with E-state index < -0.39 is 12.0 Å². The van der Waals surface area contributed by atoms with Gasteiger partial charge in [0.2, 0.25) is 5.91 Å². The maximum Gasteiger partial charge on any atom is 0.338 e. The minimum Gasteiger partial charge on any atom is -0.497 e. The molecule has 2 heterocycles. The number of nitrogens with one attached hydrogen (secondary N) is 1. The van der Waals surface area contributed by atoms with E-state index in [0.29, 0.717) is 34.5 Å². The molecule has 2 aliphatic rings. The number of amides is 1. The van der Waals surface area contributed by atoms with Crippen LogP contribution in [0, 0.1) is 0 Å². The van der Waals surface area contributed by atoms with Crippen molar-refractivity contribution in [3.05, 3.63) is 46.1 Å². The maximum atomic E-state index is 13.3. The van der Waals surface area contributed by atoms with Crippen molar-refractivity contribution in [3.8, 4) is 11.5 Å². The van der Waals surface area contributed by atoms with E-state index >= 15 is 0 Å². The van der Waals surface area contributed by atoms with Crippen LogP contribution in [0.4, 0.5) is 0 Å². The average Bonchev–Trinajstić information content (AvgIpc) is 3.18. The van der Waals surface area contributed by atoms with E-state index in [2.05, 4.69) is 5.32 Å². The molecule has 0 radical (unpaired) electrons. The summed E-state index contributed by atoms with van der Waals surface area (Å²) in [6.07, 6.45) is -0.142. The molecule has 0 saturated heterocycles. The van der Waals surface area contributed by atoms with Crippen molar-refractivity contribution >= 4 is 28.8 Å². The van der Waals surface area contributed by atoms with Crippen LogP contribution in [0.5, 0.6) is 11.5 Å². The minimum atomic E-state index is -0.578. The highest BCUT2D eigenvalue weighted by atomic mass is 32.2. The quantitative estimate of drug-likeness (QED) is 0.487. The molecule has 0 aliphatic carbocycles. The van der Waals surface area contributed by atoms with Crippen LogP contribution in [0.15, 0.2) is 45.6 Å². The van der Waals surface area contributed by atoms with Crippen molar-refractivity contribution in [3.63, 3.8) is 0 Å². The SMILES string of the molecule is COc1ccc(C2C(C(=O)OC(C)C)=C(C)N=C3SC=C(CC(=O)NCCN(C)C)N32)c(OC)c1. The predicted octanol–water partition coefficient (Wildman–Crippen LogP) is 3.30. The number of fused-ring (bicyclic) bond motifs is 1. The van der Waals surface area contributed by atoms with Gasteiger partial charge in [0.05, 0.1) is 44.1 Å². The number of carbonyl (C=O) groups is 2. The van der Waals surface area contributed by atoms with Crippen LogP contribution in [0.2, 0.25) is 0 Å². The van der Waals surface area contributed by atoms with E-state index in [4.69, 9.17) is 19.2 Å². The predicted molar refractivity (Wildman–Crippen MR) is 137 cm³/mol. The van der Waals surface area contributed by atoms with Crippen molar-refractivity contribution in [2.45, 2.75) is 39.3 Å². The van der Waals surface area contributed by atoms with Crippen molar-refractivity contribution in [1.29, 1.82) is 0 Å². The van der Waals surface area contributed by atoms with Gasteiger partial charge in [-0.15, -0.1) is 0 Å². The maximum absolute atomic E-state index is 13.3. The summed E-state index contributed by atoms with van der Waals surface area (Å²) in [7, 11) is 7.07. The number of aliphatic imine (C=N–C) groups is 1. The van der Waals surface area contributed by atoms with Gasteiger partial charge in [-0.25, -0.2) is 9.79 Å². The van der Waals surface area contributed by atoms with Gasteiger partial charge in [0, 0.05) is 30.4 Å². The van der Waals surface area contributed by atoms with E-state index in [1.54, 1.807) is 27.2 Å². The molecule has 1 aromatic carbocycles. The van der Waals surface area contributed by atoms with E-state index in [0.717, 1.165) is 17.8 Å². The molecule has 0 bridgehead atoms. The van der Waals surface area contributed by atoms with Crippen molar-refractivity contribution < 1.29 is 23.8 Å². The number of rotatable bonds is 10. The largest absolute Gasteiger partial charge is 0.497 e. The van der Waals surface area contributed by atoms with Gasteiger partial charge in [-0.2, -0.15) is 0 Å². The number of thioether (sulfide) groups is 1. The Morgan fingerprint density at radius 2 is 1.97 bits per heavy atom. The van der Waals surface area contributed by atoms with Crippen molar-refractivity contribution in [1.82, 2.24) is 15.1 Å². The molecule has 1 N–H and O–H groups in total. The smallest absolute Gasteiger partial charge is 0.338 e. The molecule has 0 fully saturated rings. The molecule has 1 atom stereocenters. The summed E-state index contributed by atoms with van der Waals surface area (Å²) in [6, 6.07) is 4.90. The summed E-state index contributed by atoms with van der Waals surface area (Å²) in [6.45, 7) is 6.71. The van der Waals surface area contributed by atoms with E-state index in [9.17, 15) is 9.59 Å². The Morgan fingerprint density at radius 1 is 1.23 bits per heavy atom. The van der Waals surface area contributed by atoms with Crippen LogP contribution in [-0.4, -0.2) is 74.4 Å². The zero-order chi connectivity index (χ0) is 25.7. The highest BCUT2D eigenvalue weighted by molar-refractivity contribution is 8.16. The Bertz CT molecular complexity index is 1060. The molecule has 1 aromatic rings. The zero-order valence-corrected chi connectivity index (χ0v) is 22.2. The number of esters is 1. The zero-order valence-electron chi connectivity index (χ0n) is 21.4. The standard InChI is InChI=1S/C25H34N4O5S/c1-15(2)34-24(31)22-16(3)27-25-29(17(14-35-25)12-21(30)26-10-11-28(4)5)23(22)19-9-8-18(32-6)13-20(19)33-7/h8-9,13-15,23H,10-12H2,1-7H3,(H,26,30). The molecule has 9 nitrogen and oxygen atoms in total. The number of benzene rings is 1. The first-order valence-corrected chi connectivity index (χ1v) is 12.3. The summed E-state index contributed by atoms with van der Waals surface area (Å²) in [5.74, 6) is 0.645. The highest BCUT2D eigenvalue weighted by Gasteiger charge is 2.42. The van der Waals surface area contributed by atoms with Gasteiger partial charge in [0.1, 0.15) is 11.5 Å². The first-order chi connectivity index (χ1) is 16.7. The fraction of sp³-hybridized carbons (Fsp3) is 0.480. The Morgan fingerprint density at radius 3 is 2.60 bits per heavy atom. The summed E-state index contributed by atoms with van der Waals surface area (Å²) in [4.78, 5) is 34.7. The molecule has 190 valence electrons. The number of likely N-dealkylation sites (N-methyl/N-ethyl adjacent to an activating group) is 1. The van der Waals surface area contributed by atoms with Crippen LogP contribution in [0.1, 0.15) is 38.8 Å². The molecule has 10 heteroatoms. The molecule has 1 amide bonds. The molecule has 3 rings (SSSR count). The lowest BCUT2D eigenvalue weighted by Gasteiger charge is -2.37. The summed E-state index contributed by atoms with van der Waals surface area (Å²) < 4.78 is 16.7. The number of allylic oxidation sites excluding steroid dienone is 1. The molecule has 35 heavy (non-hydrogen) atoms. The topological polar surface area (TPSA) is 92.7 Å². The van der Waals surface area contributed by atoms with Crippen molar-refractivity contribution in [2.24, 2.45) is 4.99 Å². The van der Waals surface area contributed by atoms with Crippen LogP contribution in [0.25, 0.3) is 0 Å². The second kappa shape index (κ2) is 11.6.